The quantitative estimate of drug-likeness (QED) is 0.318. The van der Waals surface area contributed by atoms with Crippen LogP contribution < -0.4 is 0 Å². The van der Waals surface area contributed by atoms with Gasteiger partial charge < -0.3 is 29.3 Å². The van der Waals surface area contributed by atoms with Crippen molar-refractivity contribution < 1.29 is 29.0 Å². The van der Waals surface area contributed by atoms with Crippen LogP contribution in [-0.2, 0) is 23.9 Å². The van der Waals surface area contributed by atoms with Crippen LogP contribution >= 0.6 is 0 Å². The molecule has 4 aliphatic heterocycles. The Kier molecular flexibility index (Phi) is 10.2. The van der Waals surface area contributed by atoms with Gasteiger partial charge in [-0.3, -0.25) is 19.3 Å². The van der Waals surface area contributed by atoms with Gasteiger partial charge in [-0.05, 0) is 31.2 Å². The van der Waals surface area contributed by atoms with Crippen molar-refractivity contribution in [2.45, 2.75) is 56.9 Å². The number of fused-ring (bicyclic) bond motifs is 1. The molecule has 0 radical (unpaired) electrons. The minimum atomic E-state index is -1.21. The van der Waals surface area contributed by atoms with E-state index in [1.165, 1.54) is 0 Å². The predicted octanol–water partition coefficient (Wildman–Crippen LogP) is 2.50. The summed E-state index contributed by atoms with van der Waals surface area (Å²) in [6.45, 7) is 18.6. The highest BCUT2D eigenvalue weighted by molar-refractivity contribution is 5.99. The van der Waals surface area contributed by atoms with Crippen LogP contribution in [0.2, 0.25) is 0 Å². The van der Waals surface area contributed by atoms with E-state index in [0.29, 0.717) is 52.4 Å². The van der Waals surface area contributed by atoms with E-state index in [4.69, 9.17) is 9.47 Å². The molecule has 7 atom stereocenters. The summed E-state index contributed by atoms with van der Waals surface area (Å²) >= 11 is 0. The van der Waals surface area contributed by atoms with Crippen molar-refractivity contribution in [1.29, 1.82) is 0 Å². The van der Waals surface area contributed by atoms with Crippen LogP contribution in [0.5, 0.6) is 0 Å². The lowest BCUT2D eigenvalue weighted by atomic mass is 9.62. The normalized spacial score (nSPS) is 31.5. The Bertz CT molecular complexity index is 1250. The maximum Gasteiger partial charge on any atom is 0.248 e. The second-order valence-electron chi connectivity index (χ2n) is 13.2. The molecule has 5 rings (SSSR count). The average molecular weight is 623 g/mol. The Morgan fingerprint density at radius 1 is 1.09 bits per heavy atom. The number of ether oxygens (including phenoxy) is 2. The summed E-state index contributed by atoms with van der Waals surface area (Å²) in [6, 6.07) is 7.52. The van der Waals surface area contributed by atoms with Crippen LogP contribution in [0.25, 0.3) is 0 Å². The van der Waals surface area contributed by atoms with Crippen molar-refractivity contribution in [3.8, 4) is 0 Å². The standard InChI is InChI=1S/C35H50N4O6/c1-6-14-37(15-7-2)31(41)28-29-32(42)39(27(24-40)26-12-10-9-11-13-26)30(35(29)23-25(4)34(28,5)45-35)33(43)38(16-8-3)18-17-36-19-21-44-22-20-36/h6,8-13,25,27-30,40H,1,3,7,14-24H2,2,4-5H3/t25?,27-,28-,29+,30?,34+,35?/m1/s1. The minimum Gasteiger partial charge on any atom is -0.394 e. The monoisotopic (exact) mass is 622 g/mol. The lowest BCUT2D eigenvalue weighted by Gasteiger charge is -2.40. The molecule has 1 N–H and O–H groups in total. The summed E-state index contributed by atoms with van der Waals surface area (Å²) in [5, 5.41) is 10.8. The second-order valence-corrected chi connectivity index (χ2v) is 13.2. The van der Waals surface area contributed by atoms with Gasteiger partial charge in [-0.15, -0.1) is 13.2 Å². The van der Waals surface area contributed by atoms with Crippen molar-refractivity contribution in [3.05, 3.63) is 61.2 Å². The third kappa shape index (κ3) is 5.75. The van der Waals surface area contributed by atoms with Crippen LogP contribution in [0.15, 0.2) is 55.6 Å². The molecule has 246 valence electrons. The van der Waals surface area contributed by atoms with E-state index in [1.54, 1.807) is 26.9 Å². The summed E-state index contributed by atoms with van der Waals surface area (Å²) in [6.07, 6.45) is 4.63. The molecular formula is C35H50N4O6. The molecule has 4 aliphatic rings. The highest BCUT2D eigenvalue weighted by atomic mass is 16.5. The van der Waals surface area contributed by atoms with E-state index in [2.05, 4.69) is 25.0 Å². The number of benzene rings is 1. The molecule has 4 fully saturated rings. The number of morpholine rings is 1. The van der Waals surface area contributed by atoms with Gasteiger partial charge in [0, 0.05) is 45.8 Å². The van der Waals surface area contributed by atoms with Gasteiger partial charge in [0.05, 0.1) is 43.3 Å². The van der Waals surface area contributed by atoms with Crippen molar-refractivity contribution in [2.24, 2.45) is 17.8 Å². The van der Waals surface area contributed by atoms with Gasteiger partial charge in [0.1, 0.15) is 11.6 Å². The van der Waals surface area contributed by atoms with E-state index in [-0.39, 0.29) is 30.2 Å². The summed E-state index contributed by atoms with van der Waals surface area (Å²) in [5.74, 6) is -2.40. The Morgan fingerprint density at radius 3 is 2.33 bits per heavy atom. The van der Waals surface area contributed by atoms with Gasteiger partial charge in [-0.2, -0.15) is 0 Å². The van der Waals surface area contributed by atoms with Crippen molar-refractivity contribution >= 4 is 17.7 Å². The van der Waals surface area contributed by atoms with Gasteiger partial charge >= 0.3 is 0 Å². The largest absolute Gasteiger partial charge is 0.394 e. The van der Waals surface area contributed by atoms with Crippen LogP contribution in [0.3, 0.4) is 0 Å². The zero-order chi connectivity index (χ0) is 32.4. The van der Waals surface area contributed by atoms with Gasteiger partial charge in [0.25, 0.3) is 0 Å². The number of aliphatic hydroxyl groups excluding tert-OH is 1. The van der Waals surface area contributed by atoms with Gasteiger partial charge in [0.2, 0.25) is 17.7 Å². The Labute approximate surface area is 267 Å². The highest BCUT2D eigenvalue weighted by Gasteiger charge is 2.80. The van der Waals surface area contributed by atoms with Crippen molar-refractivity contribution in [2.75, 3.05) is 65.6 Å². The first-order valence-electron chi connectivity index (χ1n) is 16.5. The molecule has 4 heterocycles. The number of carbonyl (C=O) groups excluding carboxylic acids is 3. The molecule has 0 aromatic heterocycles. The first-order valence-corrected chi connectivity index (χ1v) is 16.5. The van der Waals surface area contributed by atoms with E-state index in [1.807, 2.05) is 44.2 Å². The molecule has 0 saturated carbocycles. The molecule has 4 saturated heterocycles. The van der Waals surface area contributed by atoms with E-state index in [9.17, 15) is 19.5 Å². The number of aliphatic hydroxyl groups is 1. The summed E-state index contributed by atoms with van der Waals surface area (Å²) in [7, 11) is 0. The molecule has 10 nitrogen and oxygen atoms in total. The van der Waals surface area contributed by atoms with Gasteiger partial charge in [0.15, 0.2) is 0 Å². The Hall–Kier alpha value is -3.05. The van der Waals surface area contributed by atoms with E-state index in [0.717, 1.165) is 25.1 Å². The third-order valence-corrected chi connectivity index (χ3v) is 10.6. The summed E-state index contributed by atoms with van der Waals surface area (Å²) in [5.41, 5.74) is -1.41. The average Bonchev–Trinajstić information content (AvgIpc) is 3.56. The maximum absolute atomic E-state index is 14.9. The zero-order valence-corrected chi connectivity index (χ0v) is 27.1. The molecule has 1 aromatic rings. The lowest BCUT2D eigenvalue weighted by molar-refractivity contribution is -0.158. The summed E-state index contributed by atoms with van der Waals surface area (Å²) in [4.78, 5) is 51.6. The number of nitrogens with zero attached hydrogens (tertiary/aromatic N) is 4. The highest BCUT2D eigenvalue weighted by Crippen LogP contribution is 2.66. The Balaban J connectivity index is 1.59. The molecule has 1 spiro atoms. The fraction of sp³-hybridized carbons (Fsp3) is 0.629. The maximum atomic E-state index is 14.9. The number of rotatable bonds is 14. The number of hydrogen-bond acceptors (Lipinski definition) is 7. The third-order valence-electron chi connectivity index (χ3n) is 10.6. The number of likely N-dealkylation sites (tertiary alicyclic amines) is 1. The van der Waals surface area contributed by atoms with Gasteiger partial charge in [-0.1, -0.05) is 56.3 Å². The zero-order valence-electron chi connectivity index (χ0n) is 27.1. The van der Waals surface area contributed by atoms with Crippen LogP contribution in [0, 0.1) is 17.8 Å². The SMILES string of the molecule is C=CCN(CCN1CCOCC1)C(=O)C1N([C@H](CO)c2ccccc2)C(=O)[C@@H]2[C@H](C(=O)N(CC=C)CCC)[C@@]3(C)OC12CC3C. The minimum absolute atomic E-state index is 0.0801. The topological polar surface area (TPSA) is 103 Å². The fourth-order valence-corrected chi connectivity index (χ4v) is 8.32. The number of amides is 3. The van der Waals surface area contributed by atoms with Crippen LogP contribution in [0.1, 0.15) is 45.2 Å². The molecule has 1 aromatic carbocycles. The van der Waals surface area contributed by atoms with Crippen molar-refractivity contribution in [3.63, 3.8) is 0 Å². The predicted molar refractivity (Wildman–Crippen MR) is 171 cm³/mol. The molecule has 10 heteroatoms. The molecule has 3 amide bonds. The second kappa shape index (κ2) is 13.7. The smallest absolute Gasteiger partial charge is 0.248 e. The van der Waals surface area contributed by atoms with E-state index >= 15 is 0 Å². The fourth-order valence-electron chi connectivity index (χ4n) is 8.32. The molecule has 0 aliphatic carbocycles. The lowest BCUT2D eigenvalue weighted by Crippen LogP contribution is -2.58. The number of hydrogen-bond donors (Lipinski definition) is 1. The van der Waals surface area contributed by atoms with Gasteiger partial charge in [-0.25, -0.2) is 0 Å². The first-order chi connectivity index (χ1) is 21.7. The summed E-state index contributed by atoms with van der Waals surface area (Å²) < 4.78 is 12.5. The van der Waals surface area contributed by atoms with Crippen LogP contribution in [-0.4, -0.2) is 125 Å². The molecule has 45 heavy (non-hydrogen) atoms. The molecular weight excluding hydrogens is 572 g/mol. The first kappa shape index (κ1) is 33.3. The van der Waals surface area contributed by atoms with Crippen LogP contribution in [0.4, 0.5) is 0 Å². The Morgan fingerprint density at radius 2 is 1.73 bits per heavy atom. The number of carbonyl (C=O) groups is 3. The molecule has 3 unspecified atom stereocenters. The van der Waals surface area contributed by atoms with E-state index < -0.39 is 35.1 Å². The molecule has 2 bridgehead atoms. The van der Waals surface area contributed by atoms with Crippen molar-refractivity contribution in [1.82, 2.24) is 19.6 Å².